The number of rotatable bonds is 5. The van der Waals surface area contributed by atoms with E-state index in [9.17, 15) is 4.79 Å². The highest BCUT2D eigenvalue weighted by Gasteiger charge is 2.43. The van der Waals surface area contributed by atoms with Crippen LogP contribution in [0.2, 0.25) is 10.0 Å². The van der Waals surface area contributed by atoms with Gasteiger partial charge in [-0.2, -0.15) is 0 Å². The van der Waals surface area contributed by atoms with E-state index >= 15 is 0 Å². The number of amides is 1. The molecule has 1 amide bonds. The van der Waals surface area contributed by atoms with Gasteiger partial charge in [-0.25, -0.2) is 0 Å². The molecule has 1 unspecified atom stereocenters. The van der Waals surface area contributed by atoms with Gasteiger partial charge in [0.1, 0.15) is 11.5 Å². The average Bonchev–Trinajstić information content (AvgIpc) is 3.42. The molecule has 1 saturated heterocycles. The Morgan fingerprint density at radius 2 is 1.82 bits per heavy atom. The summed E-state index contributed by atoms with van der Waals surface area (Å²) in [5.41, 5.74) is 1.68. The molecule has 0 bridgehead atoms. The maximum Gasteiger partial charge on any atom is 0.263 e. The highest BCUT2D eigenvalue weighted by Crippen LogP contribution is 2.42. The van der Waals surface area contributed by atoms with Crippen molar-refractivity contribution in [2.75, 3.05) is 5.32 Å². The smallest absolute Gasteiger partial charge is 0.263 e. The molecule has 0 radical (unpaired) electrons. The number of nitrogens with one attached hydrogen (secondary N) is 1. The molecule has 34 heavy (non-hydrogen) atoms. The first-order chi connectivity index (χ1) is 16.5. The molecule has 1 saturated carbocycles. The van der Waals surface area contributed by atoms with Crippen molar-refractivity contribution >= 4 is 52.6 Å². The van der Waals surface area contributed by atoms with Crippen LogP contribution in [0.15, 0.2) is 70.0 Å². The summed E-state index contributed by atoms with van der Waals surface area (Å²) < 4.78 is 6.05. The Morgan fingerprint density at radius 1 is 1.03 bits per heavy atom. The average molecular weight is 513 g/mol. The monoisotopic (exact) mass is 512 g/mol. The first-order valence-corrected chi connectivity index (χ1v) is 13.2. The zero-order valence-electron chi connectivity index (χ0n) is 18.8. The third-order valence-corrected chi connectivity index (χ3v) is 8.38. The van der Waals surface area contributed by atoms with Gasteiger partial charge in [-0.05, 0) is 61.2 Å². The number of hydrogen-bond donors (Lipinski definition) is 1. The summed E-state index contributed by atoms with van der Waals surface area (Å²) >= 11 is 13.8. The molecule has 1 aromatic heterocycles. The van der Waals surface area contributed by atoms with Gasteiger partial charge in [0.15, 0.2) is 5.50 Å². The van der Waals surface area contributed by atoms with Crippen LogP contribution >= 0.6 is 35.0 Å². The van der Waals surface area contributed by atoms with Gasteiger partial charge >= 0.3 is 0 Å². The fourth-order valence-electron chi connectivity index (χ4n) is 4.73. The summed E-state index contributed by atoms with van der Waals surface area (Å²) in [6, 6.07) is 19.4. The number of nitrogens with zero attached hydrogens (tertiary/aromatic N) is 1. The summed E-state index contributed by atoms with van der Waals surface area (Å²) in [6.07, 6.45) is 6.43. The highest BCUT2D eigenvalue weighted by atomic mass is 35.5. The van der Waals surface area contributed by atoms with Crippen molar-refractivity contribution in [3.05, 3.63) is 81.4 Å². The molecule has 1 aliphatic heterocycles. The number of benzene rings is 2. The quantitative estimate of drug-likeness (QED) is 0.350. The number of carbonyl (C=O) groups is 1. The fourth-order valence-corrected chi connectivity index (χ4v) is 6.22. The Bertz CT molecular complexity index is 1210. The van der Waals surface area contributed by atoms with Crippen LogP contribution < -0.4 is 5.32 Å². The predicted molar refractivity (Wildman–Crippen MR) is 142 cm³/mol. The van der Waals surface area contributed by atoms with Gasteiger partial charge in [0.2, 0.25) is 0 Å². The molecule has 3 atom stereocenters. The second-order valence-corrected chi connectivity index (χ2v) is 10.8. The molecule has 5 rings (SSSR count). The first kappa shape index (κ1) is 23.4. The zero-order valence-corrected chi connectivity index (χ0v) is 21.2. The lowest BCUT2D eigenvalue weighted by Gasteiger charge is -2.39. The van der Waals surface area contributed by atoms with Crippen molar-refractivity contribution in [2.24, 2.45) is 5.92 Å². The van der Waals surface area contributed by atoms with Crippen LogP contribution in [0.25, 0.3) is 17.4 Å². The number of carbonyl (C=O) groups excluding carboxylic acids is 1. The largest absolute Gasteiger partial charge is 0.457 e. The Morgan fingerprint density at radius 3 is 2.59 bits per heavy atom. The third-order valence-electron chi connectivity index (χ3n) is 6.53. The molecule has 0 spiro atoms. The van der Waals surface area contributed by atoms with Gasteiger partial charge < -0.3 is 14.6 Å². The van der Waals surface area contributed by atoms with E-state index < -0.39 is 0 Å². The Kier molecular flexibility index (Phi) is 6.96. The third kappa shape index (κ3) is 4.88. The molecule has 4 nitrogen and oxygen atoms in total. The minimum absolute atomic E-state index is 0.0599. The van der Waals surface area contributed by atoms with E-state index in [1.54, 1.807) is 23.9 Å². The second-order valence-electron chi connectivity index (χ2n) is 8.86. The number of halogens is 2. The number of para-hydroxylation sites is 1. The molecule has 2 aromatic carbocycles. The van der Waals surface area contributed by atoms with Crippen LogP contribution in [-0.4, -0.2) is 22.3 Å². The van der Waals surface area contributed by atoms with Gasteiger partial charge in [0.05, 0.1) is 15.0 Å². The fraction of sp³-hybridized carbons (Fsp3) is 0.296. The minimum Gasteiger partial charge on any atom is -0.457 e. The van der Waals surface area contributed by atoms with Crippen LogP contribution in [0.3, 0.4) is 0 Å². The molecular weight excluding hydrogens is 487 g/mol. The summed E-state index contributed by atoms with van der Waals surface area (Å²) in [4.78, 5) is 16.4. The second kappa shape index (κ2) is 10.1. The van der Waals surface area contributed by atoms with Crippen LogP contribution in [0.1, 0.15) is 38.4 Å². The van der Waals surface area contributed by atoms with Crippen molar-refractivity contribution in [2.45, 2.75) is 44.1 Å². The Hall–Kier alpha value is -2.34. The maximum atomic E-state index is 13.6. The summed E-state index contributed by atoms with van der Waals surface area (Å²) in [5.74, 6) is 1.85. The highest BCUT2D eigenvalue weighted by molar-refractivity contribution is 8.05. The molecule has 1 N–H and O–H groups in total. The Balaban J connectivity index is 1.43. The van der Waals surface area contributed by atoms with Crippen molar-refractivity contribution < 1.29 is 9.21 Å². The minimum atomic E-state index is -0.156. The summed E-state index contributed by atoms with van der Waals surface area (Å²) in [6.45, 7) is 2.26. The summed E-state index contributed by atoms with van der Waals surface area (Å²) in [5, 5.41) is 4.54. The molecular formula is C27H26Cl2N2O2S. The molecule has 176 valence electrons. The SMILES string of the molecule is C[C@@H]1CCCC[C@@H]1N1C(=O)/C(=C/c2ccc(-c3ccc(Cl)c(Cl)c3)o2)SC1Nc1ccccc1. The van der Waals surface area contributed by atoms with Crippen molar-refractivity contribution in [1.29, 1.82) is 0 Å². The van der Waals surface area contributed by atoms with E-state index in [2.05, 4.69) is 17.1 Å². The number of thioether (sulfide) groups is 1. The predicted octanol–water partition coefficient (Wildman–Crippen LogP) is 8.14. The van der Waals surface area contributed by atoms with E-state index in [4.69, 9.17) is 27.6 Å². The van der Waals surface area contributed by atoms with E-state index in [0.717, 1.165) is 30.5 Å². The van der Waals surface area contributed by atoms with Crippen LogP contribution in [0.4, 0.5) is 5.69 Å². The number of furan rings is 1. The molecule has 2 fully saturated rings. The number of hydrogen-bond acceptors (Lipinski definition) is 4. The van der Waals surface area contributed by atoms with E-state index in [1.807, 2.05) is 54.6 Å². The van der Waals surface area contributed by atoms with E-state index in [0.29, 0.717) is 32.4 Å². The maximum absolute atomic E-state index is 13.6. The molecule has 2 aliphatic rings. The molecule has 3 aromatic rings. The van der Waals surface area contributed by atoms with Crippen LogP contribution in [0, 0.1) is 5.92 Å². The summed E-state index contributed by atoms with van der Waals surface area (Å²) in [7, 11) is 0. The topological polar surface area (TPSA) is 45.5 Å². The van der Waals surface area contributed by atoms with Gasteiger partial charge in [-0.15, -0.1) is 0 Å². The Labute approximate surface area is 214 Å². The lowest BCUT2D eigenvalue weighted by molar-refractivity contribution is -0.129. The molecule has 7 heteroatoms. The number of anilines is 1. The first-order valence-electron chi connectivity index (χ1n) is 11.6. The van der Waals surface area contributed by atoms with Gasteiger partial charge in [0.25, 0.3) is 5.91 Å². The lowest BCUT2D eigenvalue weighted by atomic mass is 9.85. The normalized spacial score (nSPS) is 24.1. The lowest BCUT2D eigenvalue weighted by Crippen LogP contribution is -2.48. The molecule has 1 aliphatic carbocycles. The van der Waals surface area contributed by atoms with E-state index in [-0.39, 0.29) is 17.4 Å². The van der Waals surface area contributed by atoms with Crippen LogP contribution in [-0.2, 0) is 4.79 Å². The zero-order chi connectivity index (χ0) is 23.7. The van der Waals surface area contributed by atoms with Gasteiger partial charge in [-0.1, -0.05) is 72.9 Å². The van der Waals surface area contributed by atoms with Gasteiger partial charge in [0, 0.05) is 23.4 Å². The van der Waals surface area contributed by atoms with Gasteiger partial charge in [-0.3, -0.25) is 4.79 Å². The standard InChI is InChI=1S/C27H26Cl2N2O2S/c1-17-7-5-6-10-23(17)31-26(32)25(34-27(31)30-19-8-3-2-4-9-19)16-20-12-14-24(33-20)18-11-13-21(28)22(29)15-18/h2-4,8-9,11-17,23,27,30H,5-7,10H2,1H3/b25-16-/t17-,23+,27?/m1/s1. The van der Waals surface area contributed by atoms with Crippen molar-refractivity contribution in [1.82, 2.24) is 4.90 Å². The van der Waals surface area contributed by atoms with Crippen molar-refractivity contribution in [3.8, 4) is 11.3 Å². The molecule has 2 heterocycles. The van der Waals surface area contributed by atoms with Crippen LogP contribution in [0.5, 0.6) is 0 Å². The van der Waals surface area contributed by atoms with Crippen molar-refractivity contribution in [3.63, 3.8) is 0 Å². The van der Waals surface area contributed by atoms with E-state index in [1.165, 1.54) is 6.42 Å².